The van der Waals surface area contributed by atoms with Gasteiger partial charge in [-0.05, 0) is 44.1 Å². The van der Waals surface area contributed by atoms with E-state index in [2.05, 4.69) is 16.8 Å². The Labute approximate surface area is 118 Å². The zero-order valence-electron chi connectivity index (χ0n) is 11.2. The van der Waals surface area contributed by atoms with Crippen molar-refractivity contribution in [2.45, 2.75) is 12.8 Å². The smallest absolute Gasteiger partial charge is 0.170 e. The van der Waals surface area contributed by atoms with Crippen molar-refractivity contribution in [3.05, 3.63) is 28.5 Å². The van der Waals surface area contributed by atoms with Crippen LogP contribution in [0.4, 0.5) is 4.39 Å². The number of aromatic hydroxyl groups is 1. The third-order valence-electron chi connectivity index (χ3n) is 3.61. The number of benzene rings is 1. The van der Waals surface area contributed by atoms with Crippen molar-refractivity contribution in [2.24, 2.45) is 0 Å². The Kier molecular flexibility index (Phi) is 5.02. The van der Waals surface area contributed by atoms with Gasteiger partial charge in [-0.1, -0.05) is 11.6 Å². The van der Waals surface area contributed by atoms with Crippen LogP contribution >= 0.6 is 11.6 Å². The van der Waals surface area contributed by atoms with E-state index in [0.717, 1.165) is 51.1 Å². The second-order valence-corrected chi connectivity index (χ2v) is 5.56. The van der Waals surface area contributed by atoms with Gasteiger partial charge in [0.05, 0.1) is 5.02 Å². The number of nitrogens with zero attached hydrogens (tertiary/aromatic N) is 2. The summed E-state index contributed by atoms with van der Waals surface area (Å²) < 4.78 is 13.3. The second kappa shape index (κ2) is 6.55. The minimum atomic E-state index is -0.637. The standard InChI is InChI=1S/C14H20ClFN2O/c1-17-5-7-18(8-6-17)4-2-3-11-9-12(15)14(19)13(16)10-11/h9-10,19H,2-8H2,1H3. The van der Waals surface area contributed by atoms with E-state index in [1.54, 1.807) is 6.07 Å². The molecule has 0 spiro atoms. The molecule has 0 bridgehead atoms. The molecule has 0 aromatic heterocycles. The van der Waals surface area contributed by atoms with Crippen molar-refractivity contribution >= 4 is 11.6 Å². The van der Waals surface area contributed by atoms with Gasteiger partial charge in [-0.2, -0.15) is 0 Å². The minimum absolute atomic E-state index is 0.0922. The molecule has 3 nitrogen and oxygen atoms in total. The number of hydrogen-bond acceptors (Lipinski definition) is 3. The topological polar surface area (TPSA) is 26.7 Å². The Morgan fingerprint density at radius 1 is 1.26 bits per heavy atom. The lowest BCUT2D eigenvalue weighted by atomic mass is 10.1. The van der Waals surface area contributed by atoms with Crippen molar-refractivity contribution in [2.75, 3.05) is 39.8 Å². The summed E-state index contributed by atoms with van der Waals surface area (Å²) >= 11 is 5.76. The summed E-state index contributed by atoms with van der Waals surface area (Å²) in [6.07, 6.45) is 1.76. The Balaban J connectivity index is 1.79. The van der Waals surface area contributed by atoms with Crippen LogP contribution in [-0.2, 0) is 6.42 Å². The first-order chi connectivity index (χ1) is 9.06. The number of rotatable bonds is 4. The molecule has 2 rings (SSSR count). The van der Waals surface area contributed by atoms with Gasteiger partial charge < -0.3 is 14.9 Å². The summed E-state index contributed by atoms with van der Waals surface area (Å²) in [5.41, 5.74) is 0.842. The number of piperazine rings is 1. The largest absolute Gasteiger partial charge is 0.504 e. The molecular formula is C14H20ClFN2O. The number of hydrogen-bond donors (Lipinski definition) is 1. The fourth-order valence-corrected chi connectivity index (χ4v) is 2.57. The highest BCUT2D eigenvalue weighted by Crippen LogP contribution is 2.28. The van der Waals surface area contributed by atoms with Crippen molar-refractivity contribution in [1.82, 2.24) is 9.80 Å². The maximum absolute atomic E-state index is 13.3. The summed E-state index contributed by atoms with van der Waals surface area (Å²) in [6.45, 7) is 5.44. The molecule has 0 unspecified atom stereocenters. The van der Waals surface area contributed by atoms with E-state index < -0.39 is 11.6 Å². The van der Waals surface area contributed by atoms with Gasteiger partial charge in [0.1, 0.15) is 0 Å². The Hall–Kier alpha value is -0.840. The number of likely N-dealkylation sites (N-methyl/N-ethyl adjacent to an activating group) is 1. The normalized spacial score (nSPS) is 17.8. The summed E-state index contributed by atoms with van der Waals surface area (Å²) in [6, 6.07) is 3.01. The molecule has 1 fully saturated rings. The van der Waals surface area contributed by atoms with E-state index in [1.807, 2.05) is 0 Å². The Bertz CT molecular complexity index is 410. The van der Waals surface area contributed by atoms with E-state index in [-0.39, 0.29) is 5.02 Å². The van der Waals surface area contributed by atoms with Crippen LogP contribution in [0.25, 0.3) is 0 Å². The zero-order valence-corrected chi connectivity index (χ0v) is 12.0. The zero-order chi connectivity index (χ0) is 13.8. The molecule has 1 N–H and O–H groups in total. The highest BCUT2D eigenvalue weighted by molar-refractivity contribution is 6.32. The molecule has 19 heavy (non-hydrogen) atoms. The predicted octanol–water partition coefficient (Wildman–Crippen LogP) is 2.36. The molecule has 1 aromatic carbocycles. The number of phenolic OH excluding ortho intramolecular Hbond substituents is 1. The molecular weight excluding hydrogens is 267 g/mol. The first kappa shape index (κ1) is 14.6. The Morgan fingerprint density at radius 3 is 2.58 bits per heavy atom. The van der Waals surface area contributed by atoms with Gasteiger partial charge >= 0.3 is 0 Å². The summed E-state index contributed by atoms with van der Waals surface area (Å²) in [5.74, 6) is -1.09. The fourth-order valence-electron chi connectivity index (χ4n) is 2.34. The number of aryl methyl sites for hydroxylation is 1. The monoisotopic (exact) mass is 286 g/mol. The van der Waals surface area contributed by atoms with Gasteiger partial charge in [-0.15, -0.1) is 0 Å². The van der Waals surface area contributed by atoms with Crippen LogP contribution in [0.3, 0.4) is 0 Å². The second-order valence-electron chi connectivity index (χ2n) is 5.16. The van der Waals surface area contributed by atoms with Crippen LogP contribution < -0.4 is 0 Å². The van der Waals surface area contributed by atoms with Gasteiger partial charge in [-0.25, -0.2) is 4.39 Å². The SMILES string of the molecule is CN1CCN(CCCc2cc(F)c(O)c(Cl)c2)CC1. The average molecular weight is 287 g/mol. The van der Waals surface area contributed by atoms with Gasteiger partial charge in [0.15, 0.2) is 11.6 Å². The summed E-state index contributed by atoms with van der Waals surface area (Å²) in [5, 5.41) is 9.36. The van der Waals surface area contributed by atoms with Crippen LogP contribution in [0.15, 0.2) is 12.1 Å². The maximum atomic E-state index is 13.3. The van der Waals surface area contributed by atoms with Gasteiger partial charge in [0.25, 0.3) is 0 Å². The molecule has 106 valence electrons. The fraction of sp³-hybridized carbons (Fsp3) is 0.571. The van der Waals surface area contributed by atoms with Gasteiger partial charge in [0.2, 0.25) is 0 Å². The van der Waals surface area contributed by atoms with Crippen LogP contribution in [0.2, 0.25) is 5.02 Å². The van der Waals surface area contributed by atoms with E-state index >= 15 is 0 Å². The molecule has 1 aliphatic heterocycles. The van der Waals surface area contributed by atoms with E-state index in [0.29, 0.717) is 0 Å². The van der Waals surface area contributed by atoms with E-state index in [9.17, 15) is 9.50 Å². The minimum Gasteiger partial charge on any atom is -0.504 e. The van der Waals surface area contributed by atoms with E-state index in [4.69, 9.17) is 11.6 Å². The molecule has 1 aliphatic rings. The first-order valence-electron chi connectivity index (χ1n) is 6.64. The number of halogens is 2. The molecule has 0 amide bonds. The summed E-state index contributed by atoms with van der Waals surface area (Å²) in [4.78, 5) is 4.75. The van der Waals surface area contributed by atoms with E-state index in [1.165, 1.54) is 6.07 Å². The lowest BCUT2D eigenvalue weighted by Crippen LogP contribution is -2.44. The molecule has 1 heterocycles. The van der Waals surface area contributed by atoms with Crippen molar-refractivity contribution < 1.29 is 9.50 Å². The van der Waals surface area contributed by atoms with Crippen LogP contribution in [0.5, 0.6) is 5.75 Å². The van der Waals surface area contributed by atoms with Crippen molar-refractivity contribution in [3.63, 3.8) is 0 Å². The number of phenols is 1. The molecule has 0 saturated carbocycles. The molecule has 0 aliphatic carbocycles. The van der Waals surface area contributed by atoms with Crippen LogP contribution in [0, 0.1) is 5.82 Å². The van der Waals surface area contributed by atoms with Crippen molar-refractivity contribution in [1.29, 1.82) is 0 Å². The average Bonchev–Trinajstić information content (AvgIpc) is 2.38. The third-order valence-corrected chi connectivity index (χ3v) is 3.90. The highest BCUT2D eigenvalue weighted by Gasteiger charge is 2.13. The van der Waals surface area contributed by atoms with Crippen molar-refractivity contribution in [3.8, 4) is 5.75 Å². The lowest BCUT2D eigenvalue weighted by Gasteiger charge is -2.32. The molecule has 1 aromatic rings. The Morgan fingerprint density at radius 2 is 1.95 bits per heavy atom. The lowest BCUT2D eigenvalue weighted by molar-refractivity contribution is 0.153. The first-order valence-corrected chi connectivity index (χ1v) is 7.02. The molecule has 0 atom stereocenters. The van der Waals surface area contributed by atoms with Gasteiger partial charge in [-0.3, -0.25) is 0 Å². The summed E-state index contributed by atoms with van der Waals surface area (Å²) in [7, 11) is 2.14. The highest BCUT2D eigenvalue weighted by atomic mass is 35.5. The maximum Gasteiger partial charge on any atom is 0.170 e. The van der Waals surface area contributed by atoms with Crippen LogP contribution in [0.1, 0.15) is 12.0 Å². The van der Waals surface area contributed by atoms with Crippen LogP contribution in [-0.4, -0.2) is 54.7 Å². The quantitative estimate of drug-likeness (QED) is 0.920. The third kappa shape index (κ3) is 4.06. The van der Waals surface area contributed by atoms with Gasteiger partial charge in [0, 0.05) is 26.2 Å². The molecule has 0 radical (unpaired) electrons. The molecule has 1 saturated heterocycles. The predicted molar refractivity (Wildman–Crippen MR) is 75.3 cm³/mol. The molecule has 5 heteroatoms.